The molecule has 0 aliphatic carbocycles. The van der Waals surface area contributed by atoms with Gasteiger partial charge < -0.3 is 4.57 Å². The number of likely N-dealkylation sites (N-methyl/N-ethyl adjacent to an activating group) is 1. The van der Waals surface area contributed by atoms with Crippen molar-refractivity contribution in [2.75, 3.05) is 6.54 Å². The Morgan fingerprint density at radius 1 is 1.11 bits per heavy atom. The van der Waals surface area contributed by atoms with Gasteiger partial charge in [-0.25, -0.2) is 4.99 Å². The van der Waals surface area contributed by atoms with Crippen molar-refractivity contribution in [3.05, 3.63) is 83.9 Å². The Morgan fingerprint density at radius 3 is 2.61 bits per heavy atom. The zero-order chi connectivity index (χ0) is 19.5. The summed E-state index contributed by atoms with van der Waals surface area (Å²) in [6.45, 7) is 7.13. The summed E-state index contributed by atoms with van der Waals surface area (Å²) in [4.78, 5) is 20.0. The number of nitrogens with zero attached hydrogens (tertiary/aromatic N) is 3. The minimum Gasteiger partial charge on any atom is -0.343 e. The molecule has 0 saturated carbocycles. The lowest BCUT2D eigenvalue weighted by Crippen LogP contribution is -2.28. The maximum absolute atomic E-state index is 12.9. The lowest BCUT2D eigenvalue weighted by Gasteiger charge is -2.11. The van der Waals surface area contributed by atoms with Crippen LogP contribution >= 0.6 is 11.8 Å². The van der Waals surface area contributed by atoms with Crippen LogP contribution in [0.4, 0.5) is 5.69 Å². The molecule has 0 bridgehead atoms. The van der Waals surface area contributed by atoms with Crippen molar-refractivity contribution in [1.82, 2.24) is 9.47 Å². The van der Waals surface area contributed by atoms with E-state index in [2.05, 4.69) is 34.5 Å². The van der Waals surface area contributed by atoms with Crippen LogP contribution in [0, 0.1) is 0 Å². The van der Waals surface area contributed by atoms with Crippen LogP contribution in [-0.4, -0.2) is 27.1 Å². The second kappa shape index (κ2) is 7.90. The summed E-state index contributed by atoms with van der Waals surface area (Å²) in [5, 5.41) is 1.85. The number of allylic oxidation sites excluding steroid dienone is 1. The van der Waals surface area contributed by atoms with E-state index in [9.17, 15) is 4.79 Å². The average Bonchev–Trinajstić information content (AvgIpc) is 3.21. The number of amidine groups is 1. The van der Waals surface area contributed by atoms with Crippen molar-refractivity contribution in [3.8, 4) is 0 Å². The quantitative estimate of drug-likeness (QED) is 0.431. The van der Waals surface area contributed by atoms with Crippen LogP contribution in [0.2, 0.25) is 0 Å². The summed E-state index contributed by atoms with van der Waals surface area (Å²) in [7, 11) is 0. The maximum Gasteiger partial charge on any atom is 0.266 e. The third-order valence-corrected chi connectivity index (χ3v) is 5.62. The van der Waals surface area contributed by atoms with Crippen molar-refractivity contribution < 1.29 is 4.79 Å². The number of fused-ring (bicyclic) bond motifs is 1. The number of hydrogen-bond donors (Lipinski definition) is 0. The summed E-state index contributed by atoms with van der Waals surface area (Å²) in [6, 6.07) is 18.0. The summed E-state index contributed by atoms with van der Waals surface area (Å²) < 4.78 is 2.15. The van der Waals surface area contributed by atoms with Crippen molar-refractivity contribution >= 4 is 45.5 Å². The molecule has 2 heterocycles. The van der Waals surface area contributed by atoms with Crippen LogP contribution in [0.25, 0.3) is 17.0 Å². The Hall–Kier alpha value is -3.05. The first-order chi connectivity index (χ1) is 13.7. The number of amides is 1. The van der Waals surface area contributed by atoms with Crippen molar-refractivity contribution in [2.24, 2.45) is 4.99 Å². The first-order valence-electron chi connectivity index (χ1n) is 9.25. The van der Waals surface area contributed by atoms with Crippen molar-refractivity contribution in [3.63, 3.8) is 0 Å². The number of carbonyl (C=O) groups excluding carboxylic acids is 1. The van der Waals surface area contributed by atoms with Gasteiger partial charge in [0.2, 0.25) is 0 Å². The minimum absolute atomic E-state index is 0.00253. The molecule has 1 amide bonds. The summed E-state index contributed by atoms with van der Waals surface area (Å²) >= 11 is 1.43. The topological polar surface area (TPSA) is 37.6 Å². The molecule has 140 valence electrons. The van der Waals surface area contributed by atoms with Gasteiger partial charge in [-0.15, -0.1) is 6.58 Å². The highest BCUT2D eigenvalue weighted by Gasteiger charge is 2.32. The van der Waals surface area contributed by atoms with Gasteiger partial charge in [0.25, 0.3) is 5.91 Å². The molecule has 1 fully saturated rings. The maximum atomic E-state index is 12.9. The molecule has 28 heavy (non-hydrogen) atoms. The number of carbonyl (C=O) groups is 1. The highest BCUT2D eigenvalue weighted by Crippen LogP contribution is 2.35. The predicted molar refractivity (Wildman–Crippen MR) is 119 cm³/mol. The second-order valence-electron chi connectivity index (χ2n) is 6.43. The third-order valence-electron chi connectivity index (χ3n) is 4.62. The van der Waals surface area contributed by atoms with E-state index in [-0.39, 0.29) is 5.91 Å². The lowest BCUT2D eigenvalue weighted by atomic mass is 10.1. The minimum atomic E-state index is 0.00253. The van der Waals surface area contributed by atoms with E-state index >= 15 is 0 Å². The van der Waals surface area contributed by atoms with E-state index < -0.39 is 0 Å². The van der Waals surface area contributed by atoms with Crippen LogP contribution < -0.4 is 0 Å². The Kier molecular flexibility index (Phi) is 5.17. The Labute approximate surface area is 168 Å². The van der Waals surface area contributed by atoms with Gasteiger partial charge in [-0.05, 0) is 43.0 Å². The lowest BCUT2D eigenvalue weighted by molar-refractivity contribution is -0.122. The SMILES string of the molecule is C=CCn1cc(C=C2SC(=Nc3ccccc3)N(CC)C2=O)c2ccccc21. The normalized spacial score (nSPS) is 17.2. The molecule has 5 heteroatoms. The van der Waals surface area contributed by atoms with E-state index in [0.717, 1.165) is 33.9 Å². The van der Waals surface area contributed by atoms with Gasteiger partial charge in [-0.1, -0.05) is 42.5 Å². The molecule has 2 aromatic carbocycles. The number of thioether (sulfide) groups is 1. The monoisotopic (exact) mass is 387 g/mol. The molecular weight excluding hydrogens is 366 g/mol. The molecule has 0 radical (unpaired) electrons. The van der Waals surface area contributed by atoms with E-state index in [1.54, 1.807) is 4.90 Å². The Bertz CT molecular complexity index is 1100. The van der Waals surface area contributed by atoms with E-state index in [4.69, 9.17) is 0 Å². The Balaban J connectivity index is 1.74. The van der Waals surface area contributed by atoms with Crippen molar-refractivity contribution in [1.29, 1.82) is 0 Å². The Morgan fingerprint density at radius 2 is 1.86 bits per heavy atom. The van der Waals surface area contributed by atoms with Gasteiger partial charge in [0.1, 0.15) is 0 Å². The molecule has 0 N–H and O–H groups in total. The van der Waals surface area contributed by atoms with Crippen LogP contribution in [0.15, 0.2) is 83.3 Å². The second-order valence-corrected chi connectivity index (χ2v) is 7.44. The first-order valence-corrected chi connectivity index (χ1v) is 10.1. The molecule has 0 spiro atoms. The molecule has 1 saturated heterocycles. The van der Waals surface area contributed by atoms with Crippen LogP contribution in [0.3, 0.4) is 0 Å². The zero-order valence-electron chi connectivity index (χ0n) is 15.7. The fourth-order valence-electron chi connectivity index (χ4n) is 3.30. The zero-order valence-corrected chi connectivity index (χ0v) is 16.5. The smallest absolute Gasteiger partial charge is 0.266 e. The number of para-hydroxylation sites is 2. The van der Waals surface area contributed by atoms with Crippen LogP contribution in [-0.2, 0) is 11.3 Å². The van der Waals surface area contributed by atoms with Crippen LogP contribution in [0.5, 0.6) is 0 Å². The molecule has 4 nitrogen and oxygen atoms in total. The summed E-state index contributed by atoms with van der Waals surface area (Å²) in [6.07, 6.45) is 5.93. The van der Waals surface area contributed by atoms with Gasteiger partial charge in [-0.3, -0.25) is 9.69 Å². The summed E-state index contributed by atoms with van der Waals surface area (Å²) in [5.74, 6) is 0.00253. The van der Waals surface area contributed by atoms with Gasteiger partial charge in [0.05, 0.1) is 10.6 Å². The number of rotatable bonds is 5. The largest absolute Gasteiger partial charge is 0.343 e. The van der Waals surface area contributed by atoms with Gasteiger partial charge in [0, 0.05) is 35.8 Å². The number of aromatic nitrogens is 1. The molecule has 1 aliphatic heterocycles. The molecular formula is C23H21N3OS. The molecule has 4 rings (SSSR count). The van der Waals surface area contributed by atoms with Gasteiger partial charge >= 0.3 is 0 Å². The molecule has 0 atom stereocenters. The van der Waals surface area contributed by atoms with Gasteiger partial charge in [0.15, 0.2) is 5.17 Å². The number of benzene rings is 2. The number of hydrogen-bond acceptors (Lipinski definition) is 3. The molecule has 1 aromatic heterocycles. The van der Waals surface area contributed by atoms with Crippen molar-refractivity contribution in [2.45, 2.75) is 13.5 Å². The fraction of sp³-hybridized carbons (Fsp3) is 0.130. The van der Waals surface area contributed by atoms with E-state index in [1.165, 1.54) is 11.8 Å². The van der Waals surface area contributed by atoms with Crippen LogP contribution in [0.1, 0.15) is 12.5 Å². The highest BCUT2D eigenvalue weighted by atomic mass is 32.2. The van der Waals surface area contributed by atoms with E-state index in [1.807, 2.05) is 61.5 Å². The fourth-order valence-corrected chi connectivity index (χ4v) is 4.36. The molecule has 3 aromatic rings. The van der Waals surface area contributed by atoms with Gasteiger partial charge in [-0.2, -0.15) is 0 Å². The van der Waals surface area contributed by atoms with E-state index in [0.29, 0.717) is 11.4 Å². The number of aliphatic imine (C=N–C) groups is 1. The average molecular weight is 388 g/mol. The highest BCUT2D eigenvalue weighted by molar-refractivity contribution is 8.18. The standard InChI is InChI=1S/C23H21N3OS/c1-3-14-25-16-17(19-12-8-9-13-20(19)25)15-21-22(27)26(4-2)23(28-21)24-18-10-6-5-7-11-18/h3,5-13,15-16H,1,4,14H2,2H3. The predicted octanol–water partition coefficient (Wildman–Crippen LogP) is 5.45. The third kappa shape index (κ3) is 3.41. The first kappa shape index (κ1) is 18.3. The molecule has 1 aliphatic rings. The summed E-state index contributed by atoms with van der Waals surface area (Å²) in [5.41, 5.74) is 3.01. The molecule has 0 unspecified atom stereocenters.